The van der Waals surface area contributed by atoms with E-state index in [1.165, 1.54) is 6.08 Å². The van der Waals surface area contributed by atoms with E-state index in [1.807, 2.05) is 6.92 Å². The monoisotopic (exact) mass is 181 g/mol. The van der Waals surface area contributed by atoms with Crippen LogP contribution in [0.5, 0.6) is 5.88 Å². The average molecular weight is 181 g/mol. The molecule has 1 rings (SSSR count). The third kappa shape index (κ3) is 1.76. The summed E-state index contributed by atoms with van der Waals surface area (Å²) in [6, 6.07) is 0. The Labute approximate surface area is 76.0 Å². The zero-order valence-corrected chi connectivity index (χ0v) is 7.87. The van der Waals surface area contributed by atoms with Gasteiger partial charge in [0, 0.05) is 7.05 Å². The number of aliphatic imine (C=N–C) groups is 1. The number of carbonyl (C=O) groups excluding carboxylic acids is 1. The highest BCUT2D eigenvalue weighted by Crippen LogP contribution is 2.21. The minimum Gasteiger partial charge on any atom is -0.481 e. The zero-order valence-electron chi connectivity index (χ0n) is 7.87. The van der Waals surface area contributed by atoms with Gasteiger partial charge in [-0.3, -0.25) is 0 Å². The van der Waals surface area contributed by atoms with Crippen LogP contribution in [0.15, 0.2) is 4.99 Å². The molecule has 0 atom stereocenters. The Bertz CT molecular complexity index is 351. The number of aromatic nitrogens is 2. The van der Waals surface area contributed by atoms with E-state index in [4.69, 9.17) is 4.74 Å². The van der Waals surface area contributed by atoms with Gasteiger partial charge in [0.05, 0.1) is 24.9 Å². The highest BCUT2D eigenvalue weighted by atomic mass is 16.5. The molecule has 1 aromatic rings. The molecule has 0 aromatic carbocycles. The maximum absolute atomic E-state index is 9.94. The van der Waals surface area contributed by atoms with Crippen LogP contribution in [-0.4, -0.2) is 23.0 Å². The third-order valence-electron chi connectivity index (χ3n) is 1.78. The molecule has 0 radical (unpaired) electrons. The maximum atomic E-state index is 9.94. The van der Waals surface area contributed by atoms with Crippen molar-refractivity contribution in [3.05, 3.63) is 11.3 Å². The number of isocyanates is 1. The van der Waals surface area contributed by atoms with Gasteiger partial charge in [-0.1, -0.05) is 0 Å². The lowest BCUT2D eigenvalue weighted by Gasteiger charge is -2.00. The molecule has 0 amide bonds. The van der Waals surface area contributed by atoms with Crippen LogP contribution in [0.2, 0.25) is 0 Å². The van der Waals surface area contributed by atoms with Gasteiger partial charge in [0.15, 0.2) is 0 Å². The standard InChI is InChI=1S/C8H11N3O2/c1-6-7(4-9-5-12)8(13-3)11(2)10-6/h4H2,1-3H3. The molecular formula is C8H11N3O2. The molecule has 0 saturated carbocycles. The summed E-state index contributed by atoms with van der Waals surface area (Å²) in [5.41, 5.74) is 1.65. The van der Waals surface area contributed by atoms with E-state index in [-0.39, 0.29) is 6.54 Å². The smallest absolute Gasteiger partial charge is 0.235 e. The Morgan fingerprint density at radius 1 is 1.69 bits per heavy atom. The van der Waals surface area contributed by atoms with Crippen LogP contribution in [0.3, 0.4) is 0 Å². The summed E-state index contributed by atoms with van der Waals surface area (Å²) in [6.07, 6.45) is 1.49. The first-order valence-electron chi connectivity index (χ1n) is 3.80. The molecule has 5 nitrogen and oxygen atoms in total. The Hall–Kier alpha value is -1.61. The first kappa shape index (κ1) is 9.48. The predicted molar refractivity (Wildman–Crippen MR) is 46.3 cm³/mol. The Kier molecular flexibility index (Phi) is 2.82. The number of aryl methyl sites for hydroxylation is 2. The number of ether oxygens (including phenoxy) is 1. The third-order valence-corrected chi connectivity index (χ3v) is 1.78. The van der Waals surface area contributed by atoms with Crippen molar-refractivity contribution < 1.29 is 9.53 Å². The van der Waals surface area contributed by atoms with E-state index in [9.17, 15) is 4.79 Å². The number of hydrogen-bond acceptors (Lipinski definition) is 4. The van der Waals surface area contributed by atoms with Gasteiger partial charge < -0.3 is 4.74 Å². The highest BCUT2D eigenvalue weighted by Gasteiger charge is 2.12. The van der Waals surface area contributed by atoms with Crippen molar-refractivity contribution in [1.82, 2.24) is 9.78 Å². The van der Waals surface area contributed by atoms with Crippen molar-refractivity contribution in [1.29, 1.82) is 0 Å². The average Bonchev–Trinajstić information content (AvgIpc) is 2.37. The molecule has 0 aliphatic heterocycles. The fourth-order valence-electron chi connectivity index (χ4n) is 1.23. The fraction of sp³-hybridized carbons (Fsp3) is 0.500. The molecule has 5 heteroatoms. The Morgan fingerprint density at radius 3 is 2.92 bits per heavy atom. The molecule has 0 spiro atoms. The molecule has 0 aliphatic carbocycles. The van der Waals surface area contributed by atoms with E-state index in [0.717, 1.165) is 11.3 Å². The lowest BCUT2D eigenvalue weighted by molar-refractivity contribution is 0.369. The molecule has 0 unspecified atom stereocenters. The second kappa shape index (κ2) is 3.87. The van der Waals surface area contributed by atoms with Gasteiger partial charge in [-0.15, -0.1) is 0 Å². The Balaban J connectivity index is 3.08. The number of methoxy groups -OCH3 is 1. The molecule has 70 valence electrons. The van der Waals surface area contributed by atoms with Crippen molar-refractivity contribution in [3.8, 4) is 5.88 Å². The molecule has 1 heterocycles. The van der Waals surface area contributed by atoms with Gasteiger partial charge in [-0.25, -0.2) is 14.5 Å². The first-order valence-corrected chi connectivity index (χ1v) is 3.80. The van der Waals surface area contributed by atoms with Crippen LogP contribution in [0, 0.1) is 6.92 Å². The minimum absolute atomic E-state index is 0.270. The van der Waals surface area contributed by atoms with Crippen LogP contribution >= 0.6 is 0 Å². The number of nitrogens with zero attached hydrogens (tertiary/aromatic N) is 3. The topological polar surface area (TPSA) is 56.5 Å². The predicted octanol–water partition coefficient (Wildman–Crippen LogP) is 0.573. The Morgan fingerprint density at radius 2 is 2.38 bits per heavy atom. The van der Waals surface area contributed by atoms with Crippen molar-refractivity contribution in [2.45, 2.75) is 13.5 Å². The maximum Gasteiger partial charge on any atom is 0.235 e. The molecular weight excluding hydrogens is 170 g/mol. The fourth-order valence-corrected chi connectivity index (χ4v) is 1.23. The SMILES string of the molecule is COc1c(CN=C=O)c(C)nn1C. The van der Waals surface area contributed by atoms with Gasteiger partial charge >= 0.3 is 0 Å². The number of hydrogen-bond donors (Lipinski definition) is 0. The summed E-state index contributed by atoms with van der Waals surface area (Å²) < 4.78 is 6.72. The zero-order chi connectivity index (χ0) is 9.84. The molecule has 0 N–H and O–H groups in total. The molecule has 0 bridgehead atoms. The molecule has 1 aromatic heterocycles. The van der Waals surface area contributed by atoms with E-state index in [0.29, 0.717) is 5.88 Å². The van der Waals surface area contributed by atoms with Crippen LogP contribution in [-0.2, 0) is 18.4 Å². The van der Waals surface area contributed by atoms with Crippen molar-refractivity contribution in [3.63, 3.8) is 0 Å². The van der Waals surface area contributed by atoms with Gasteiger partial charge in [-0.05, 0) is 6.92 Å². The summed E-state index contributed by atoms with van der Waals surface area (Å²) in [5, 5.41) is 4.14. The molecule has 0 fully saturated rings. The normalized spacial score (nSPS) is 9.46. The van der Waals surface area contributed by atoms with Crippen LogP contribution in [0.4, 0.5) is 0 Å². The van der Waals surface area contributed by atoms with Crippen molar-refractivity contribution >= 4 is 6.08 Å². The van der Waals surface area contributed by atoms with Gasteiger partial charge in [0.25, 0.3) is 0 Å². The van der Waals surface area contributed by atoms with Crippen molar-refractivity contribution in [2.24, 2.45) is 12.0 Å². The van der Waals surface area contributed by atoms with Crippen LogP contribution in [0.1, 0.15) is 11.3 Å². The lowest BCUT2D eigenvalue weighted by atomic mass is 10.2. The highest BCUT2D eigenvalue weighted by molar-refractivity contribution is 5.36. The largest absolute Gasteiger partial charge is 0.481 e. The second-order valence-corrected chi connectivity index (χ2v) is 2.60. The second-order valence-electron chi connectivity index (χ2n) is 2.60. The van der Waals surface area contributed by atoms with Crippen LogP contribution < -0.4 is 4.74 Å². The van der Waals surface area contributed by atoms with E-state index < -0.39 is 0 Å². The van der Waals surface area contributed by atoms with Crippen molar-refractivity contribution in [2.75, 3.05) is 7.11 Å². The van der Waals surface area contributed by atoms with E-state index in [2.05, 4.69) is 10.1 Å². The van der Waals surface area contributed by atoms with Gasteiger partial charge in [0.2, 0.25) is 12.0 Å². The summed E-state index contributed by atoms with van der Waals surface area (Å²) in [7, 11) is 3.34. The molecule has 13 heavy (non-hydrogen) atoms. The molecule has 0 saturated heterocycles. The lowest BCUT2D eigenvalue weighted by Crippen LogP contribution is -1.96. The van der Waals surface area contributed by atoms with E-state index >= 15 is 0 Å². The summed E-state index contributed by atoms with van der Waals surface area (Å²) in [5.74, 6) is 0.636. The van der Waals surface area contributed by atoms with Crippen LogP contribution in [0.25, 0.3) is 0 Å². The van der Waals surface area contributed by atoms with Gasteiger partial charge in [0.1, 0.15) is 0 Å². The first-order chi connectivity index (χ1) is 6.20. The minimum atomic E-state index is 0.270. The summed E-state index contributed by atoms with van der Waals surface area (Å²) in [6.45, 7) is 2.12. The van der Waals surface area contributed by atoms with Gasteiger partial charge in [-0.2, -0.15) is 5.10 Å². The molecule has 0 aliphatic rings. The quantitative estimate of drug-likeness (QED) is 0.506. The summed E-state index contributed by atoms with van der Waals surface area (Å²) in [4.78, 5) is 13.4. The number of rotatable bonds is 3. The summed E-state index contributed by atoms with van der Waals surface area (Å²) >= 11 is 0. The van der Waals surface area contributed by atoms with E-state index in [1.54, 1.807) is 18.8 Å².